The maximum atomic E-state index is 5.12. The van der Waals surface area contributed by atoms with Gasteiger partial charge < -0.3 is 10.1 Å². The second-order valence-corrected chi connectivity index (χ2v) is 1.90. The number of aliphatic imine (C=N–C) groups is 1. The van der Waals surface area contributed by atoms with Crippen LogP contribution in [0.25, 0.3) is 0 Å². The van der Waals surface area contributed by atoms with E-state index in [4.69, 9.17) is 4.74 Å². The van der Waals surface area contributed by atoms with Crippen molar-refractivity contribution in [1.82, 2.24) is 5.32 Å². The average molecular weight is 128 g/mol. The summed E-state index contributed by atoms with van der Waals surface area (Å²) in [6.45, 7) is 4.56. The molecule has 0 atom stereocenters. The first-order valence-electron chi connectivity index (χ1n) is 3.34. The largest absolute Gasteiger partial charge is 0.466 e. The van der Waals surface area contributed by atoms with Crippen LogP contribution in [0.1, 0.15) is 13.3 Å². The molecule has 3 nitrogen and oxygen atoms in total. The fourth-order valence-corrected chi connectivity index (χ4v) is 0.744. The van der Waals surface area contributed by atoms with Crippen molar-refractivity contribution in [2.75, 3.05) is 19.7 Å². The normalized spacial score (nSPS) is 18.1. The summed E-state index contributed by atoms with van der Waals surface area (Å²) in [4.78, 5) is 4.10. The van der Waals surface area contributed by atoms with Gasteiger partial charge in [-0.3, -0.25) is 0 Å². The molecule has 0 fully saturated rings. The molecule has 0 unspecified atom stereocenters. The topological polar surface area (TPSA) is 33.6 Å². The standard InChI is InChI=1S/C6H12N2O/c1-2-9-6-7-4-3-5-8-6/h2-5H2,1H3,(H,7,8). The summed E-state index contributed by atoms with van der Waals surface area (Å²) >= 11 is 0. The SMILES string of the molecule is CCOC1=NCCCN1. The third-order valence-electron chi connectivity index (χ3n) is 1.15. The molecule has 1 N–H and O–H groups in total. The number of ether oxygens (including phenoxy) is 1. The molecule has 0 saturated heterocycles. The van der Waals surface area contributed by atoms with Gasteiger partial charge in [0.2, 0.25) is 0 Å². The summed E-state index contributed by atoms with van der Waals surface area (Å²) in [6, 6.07) is 0.712. The quantitative estimate of drug-likeness (QED) is 0.553. The van der Waals surface area contributed by atoms with E-state index < -0.39 is 0 Å². The summed E-state index contributed by atoms with van der Waals surface area (Å²) in [5.41, 5.74) is 0. The Bertz CT molecular complexity index is 112. The molecule has 0 radical (unpaired) electrons. The van der Waals surface area contributed by atoms with Gasteiger partial charge in [-0.25, -0.2) is 4.99 Å². The minimum absolute atomic E-state index is 0.700. The summed E-state index contributed by atoms with van der Waals surface area (Å²) in [7, 11) is 0. The van der Waals surface area contributed by atoms with Crippen LogP contribution in [0.5, 0.6) is 0 Å². The first-order chi connectivity index (χ1) is 4.43. The Labute approximate surface area is 55.1 Å². The molecule has 9 heavy (non-hydrogen) atoms. The van der Waals surface area contributed by atoms with Crippen LogP contribution in [0.4, 0.5) is 0 Å². The number of hydrogen-bond donors (Lipinski definition) is 1. The van der Waals surface area contributed by atoms with Crippen molar-refractivity contribution >= 4 is 6.02 Å². The van der Waals surface area contributed by atoms with Crippen LogP contribution >= 0.6 is 0 Å². The lowest BCUT2D eigenvalue weighted by molar-refractivity contribution is 0.304. The van der Waals surface area contributed by atoms with Crippen LogP contribution in [0, 0.1) is 0 Å². The van der Waals surface area contributed by atoms with Crippen molar-refractivity contribution in [2.45, 2.75) is 13.3 Å². The maximum Gasteiger partial charge on any atom is 0.284 e. The number of nitrogens with zero attached hydrogens (tertiary/aromatic N) is 1. The van der Waals surface area contributed by atoms with Gasteiger partial charge in [-0.2, -0.15) is 0 Å². The van der Waals surface area contributed by atoms with Gasteiger partial charge in [0.1, 0.15) is 0 Å². The average Bonchev–Trinajstić information content (AvgIpc) is 1.91. The van der Waals surface area contributed by atoms with Gasteiger partial charge in [-0.15, -0.1) is 0 Å². The molecule has 0 saturated carbocycles. The van der Waals surface area contributed by atoms with Crippen LogP contribution in [0.15, 0.2) is 4.99 Å². The second-order valence-electron chi connectivity index (χ2n) is 1.90. The number of amidine groups is 1. The molecule has 0 spiro atoms. The zero-order chi connectivity index (χ0) is 6.53. The number of nitrogens with one attached hydrogen (secondary N) is 1. The fourth-order valence-electron chi connectivity index (χ4n) is 0.744. The molecule has 0 aliphatic carbocycles. The number of hydrogen-bond acceptors (Lipinski definition) is 3. The lowest BCUT2D eigenvalue weighted by Gasteiger charge is -2.13. The summed E-state index contributed by atoms with van der Waals surface area (Å²) < 4.78 is 5.12. The number of rotatable bonds is 1. The van der Waals surface area contributed by atoms with Gasteiger partial charge in [0.25, 0.3) is 6.02 Å². The fraction of sp³-hybridized carbons (Fsp3) is 0.833. The van der Waals surface area contributed by atoms with E-state index >= 15 is 0 Å². The van der Waals surface area contributed by atoms with Gasteiger partial charge in [0.05, 0.1) is 6.61 Å². The van der Waals surface area contributed by atoms with Crippen LogP contribution in [-0.4, -0.2) is 25.7 Å². The second kappa shape index (κ2) is 3.33. The first-order valence-corrected chi connectivity index (χ1v) is 3.34. The molecule has 0 amide bonds. The van der Waals surface area contributed by atoms with Crippen molar-refractivity contribution in [1.29, 1.82) is 0 Å². The van der Waals surface area contributed by atoms with Gasteiger partial charge in [-0.1, -0.05) is 0 Å². The molecular formula is C6H12N2O. The van der Waals surface area contributed by atoms with E-state index in [1.807, 2.05) is 6.92 Å². The van der Waals surface area contributed by atoms with Crippen molar-refractivity contribution in [3.8, 4) is 0 Å². The predicted octanol–water partition coefficient (Wildman–Crippen LogP) is 0.372. The van der Waals surface area contributed by atoms with E-state index in [-0.39, 0.29) is 0 Å². The van der Waals surface area contributed by atoms with E-state index in [1.165, 1.54) is 0 Å². The van der Waals surface area contributed by atoms with Crippen molar-refractivity contribution in [3.63, 3.8) is 0 Å². The molecular weight excluding hydrogens is 116 g/mol. The van der Waals surface area contributed by atoms with Crippen molar-refractivity contribution in [2.24, 2.45) is 4.99 Å². The molecule has 3 heteroatoms. The molecule has 0 aromatic carbocycles. The molecule has 0 bridgehead atoms. The molecule has 0 aromatic rings. The highest BCUT2D eigenvalue weighted by molar-refractivity contribution is 5.73. The zero-order valence-electron chi connectivity index (χ0n) is 5.68. The van der Waals surface area contributed by atoms with E-state index in [2.05, 4.69) is 10.3 Å². The van der Waals surface area contributed by atoms with Gasteiger partial charge >= 0.3 is 0 Å². The van der Waals surface area contributed by atoms with E-state index in [9.17, 15) is 0 Å². The summed E-state index contributed by atoms with van der Waals surface area (Å²) in [5.74, 6) is 0. The Kier molecular flexibility index (Phi) is 2.36. The van der Waals surface area contributed by atoms with Crippen molar-refractivity contribution in [3.05, 3.63) is 0 Å². The van der Waals surface area contributed by atoms with E-state index in [0.717, 1.165) is 19.5 Å². The van der Waals surface area contributed by atoms with Crippen LogP contribution in [0.3, 0.4) is 0 Å². The van der Waals surface area contributed by atoms with E-state index in [0.29, 0.717) is 12.6 Å². The van der Waals surface area contributed by atoms with E-state index in [1.54, 1.807) is 0 Å². The Balaban J connectivity index is 2.28. The lowest BCUT2D eigenvalue weighted by atomic mass is 10.4. The van der Waals surface area contributed by atoms with Crippen LogP contribution in [0.2, 0.25) is 0 Å². The summed E-state index contributed by atoms with van der Waals surface area (Å²) in [5, 5.41) is 3.05. The Morgan fingerprint density at radius 3 is 3.22 bits per heavy atom. The highest BCUT2D eigenvalue weighted by Gasteiger charge is 2.01. The zero-order valence-corrected chi connectivity index (χ0v) is 5.68. The maximum absolute atomic E-state index is 5.12. The molecule has 1 aliphatic rings. The lowest BCUT2D eigenvalue weighted by Crippen LogP contribution is -2.31. The highest BCUT2D eigenvalue weighted by atomic mass is 16.5. The predicted molar refractivity (Wildman–Crippen MR) is 36.5 cm³/mol. The van der Waals surface area contributed by atoms with Gasteiger partial charge in [0, 0.05) is 13.1 Å². The monoisotopic (exact) mass is 128 g/mol. The van der Waals surface area contributed by atoms with Crippen molar-refractivity contribution < 1.29 is 4.74 Å². The Hall–Kier alpha value is -0.730. The highest BCUT2D eigenvalue weighted by Crippen LogP contribution is 1.89. The molecule has 1 rings (SSSR count). The Morgan fingerprint density at radius 2 is 2.67 bits per heavy atom. The van der Waals surface area contributed by atoms with Gasteiger partial charge in [-0.05, 0) is 13.3 Å². The molecule has 0 aromatic heterocycles. The third-order valence-corrected chi connectivity index (χ3v) is 1.15. The Morgan fingerprint density at radius 1 is 1.78 bits per heavy atom. The molecule has 1 heterocycles. The molecule has 1 aliphatic heterocycles. The summed E-state index contributed by atoms with van der Waals surface area (Å²) in [6.07, 6.45) is 1.12. The van der Waals surface area contributed by atoms with Gasteiger partial charge in [0.15, 0.2) is 0 Å². The minimum atomic E-state index is 0.700. The third kappa shape index (κ3) is 1.91. The molecule has 52 valence electrons. The smallest absolute Gasteiger partial charge is 0.284 e. The van der Waals surface area contributed by atoms with Crippen LogP contribution in [-0.2, 0) is 4.74 Å². The minimum Gasteiger partial charge on any atom is -0.466 e. The first kappa shape index (κ1) is 6.39. The van der Waals surface area contributed by atoms with Crippen LogP contribution < -0.4 is 5.32 Å².